The Kier molecular flexibility index (Phi) is 6.61. The van der Waals surface area contributed by atoms with E-state index in [1.165, 1.54) is 24.3 Å². The van der Waals surface area contributed by atoms with Gasteiger partial charge in [0.1, 0.15) is 11.7 Å². The van der Waals surface area contributed by atoms with E-state index in [0.29, 0.717) is 30.4 Å². The highest BCUT2D eigenvalue weighted by Gasteiger charge is 2.60. The molecule has 0 N–H and O–H groups in total. The van der Waals surface area contributed by atoms with Crippen LogP contribution in [-0.4, -0.2) is 31.1 Å². The minimum absolute atomic E-state index is 0.313. The van der Waals surface area contributed by atoms with Crippen molar-refractivity contribution < 1.29 is 28.3 Å². The normalized spacial score (nSPS) is 21.1. The fourth-order valence-corrected chi connectivity index (χ4v) is 4.71. The second-order valence-corrected chi connectivity index (χ2v) is 8.63. The van der Waals surface area contributed by atoms with Crippen LogP contribution in [0.1, 0.15) is 31.9 Å². The summed E-state index contributed by atoms with van der Waals surface area (Å²) in [6, 6.07) is 19.6. The highest BCUT2D eigenvalue weighted by atomic mass is 19.1. The molecule has 3 aromatic rings. The van der Waals surface area contributed by atoms with E-state index >= 15 is 0 Å². The van der Waals surface area contributed by atoms with E-state index in [9.17, 15) is 14.0 Å². The third-order valence-corrected chi connectivity index (χ3v) is 6.28. The second kappa shape index (κ2) is 9.99. The van der Waals surface area contributed by atoms with Gasteiger partial charge in [0.2, 0.25) is 5.91 Å². The molecule has 0 aliphatic carbocycles. The Morgan fingerprint density at radius 3 is 2.31 bits per heavy atom. The van der Waals surface area contributed by atoms with Crippen molar-refractivity contribution in [1.82, 2.24) is 0 Å². The van der Waals surface area contributed by atoms with Crippen LogP contribution in [0.2, 0.25) is 0 Å². The van der Waals surface area contributed by atoms with Gasteiger partial charge in [0.15, 0.2) is 17.6 Å². The van der Waals surface area contributed by atoms with E-state index in [4.69, 9.17) is 14.3 Å². The van der Waals surface area contributed by atoms with Crippen molar-refractivity contribution in [1.29, 1.82) is 0 Å². The lowest BCUT2D eigenvalue weighted by Crippen LogP contribution is -2.37. The Hall–Kier alpha value is -3.91. The summed E-state index contributed by atoms with van der Waals surface area (Å²) in [4.78, 5) is 34.4. The molecule has 2 aliphatic rings. The Balaban J connectivity index is 1.57. The van der Waals surface area contributed by atoms with Crippen molar-refractivity contribution in [3.63, 3.8) is 0 Å². The molecular weight excluding hydrogens is 463 g/mol. The Bertz CT molecular complexity index is 1250. The van der Waals surface area contributed by atoms with Gasteiger partial charge in [0.25, 0.3) is 5.91 Å². The molecular formula is C28H27FN2O5. The number of hydrogen-bond donors (Lipinski definition) is 0. The van der Waals surface area contributed by atoms with Gasteiger partial charge in [-0.2, -0.15) is 0 Å². The summed E-state index contributed by atoms with van der Waals surface area (Å²) in [6.07, 6.45) is -0.162. The second-order valence-electron chi connectivity index (χ2n) is 8.63. The van der Waals surface area contributed by atoms with E-state index in [2.05, 4.69) is 0 Å². The predicted octanol–water partition coefficient (Wildman–Crippen LogP) is 5.06. The van der Waals surface area contributed by atoms with Crippen LogP contribution in [0.5, 0.6) is 11.5 Å². The Morgan fingerprint density at radius 2 is 1.61 bits per heavy atom. The first-order valence-electron chi connectivity index (χ1n) is 12.1. The first kappa shape index (κ1) is 23.8. The van der Waals surface area contributed by atoms with Crippen molar-refractivity contribution in [2.45, 2.75) is 32.4 Å². The van der Waals surface area contributed by atoms with Gasteiger partial charge in [-0.05, 0) is 67.4 Å². The van der Waals surface area contributed by atoms with Gasteiger partial charge in [0.05, 0.1) is 30.6 Å². The van der Waals surface area contributed by atoms with Crippen LogP contribution in [-0.2, 0) is 14.4 Å². The minimum atomic E-state index is -1.01. The molecule has 2 heterocycles. The number of rotatable bonds is 8. The van der Waals surface area contributed by atoms with Crippen LogP contribution < -0.4 is 19.4 Å². The molecule has 2 saturated heterocycles. The largest absolute Gasteiger partial charge is 0.490 e. The molecule has 2 fully saturated rings. The molecule has 5 rings (SSSR count). The van der Waals surface area contributed by atoms with Crippen LogP contribution in [0.4, 0.5) is 15.8 Å². The summed E-state index contributed by atoms with van der Waals surface area (Å²) in [5, 5.41) is 1.63. The van der Waals surface area contributed by atoms with Gasteiger partial charge < -0.3 is 9.47 Å². The average Bonchev–Trinajstić information content (AvgIpc) is 3.40. The van der Waals surface area contributed by atoms with Crippen LogP contribution in [0, 0.1) is 11.7 Å². The fourth-order valence-electron chi connectivity index (χ4n) is 4.71. The molecule has 2 amide bonds. The minimum Gasteiger partial charge on any atom is -0.490 e. The van der Waals surface area contributed by atoms with Crippen LogP contribution in [0.15, 0.2) is 72.8 Å². The maximum absolute atomic E-state index is 13.7. The van der Waals surface area contributed by atoms with E-state index in [1.54, 1.807) is 5.06 Å². The Morgan fingerprint density at radius 1 is 0.861 bits per heavy atom. The van der Waals surface area contributed by atoms with Crippen LogP contribution in [0.25, 0.3) is 0 Å². The lowest BCUT2D eigenvalue weighted by Gasteiger charge is -2.29. The SMILES string of the molecule is CCCOc1ccc([C@H]2[C@@H]3C(=O)N(c4ccc(F)cc4)C(=O)[C@H]3ON2c2ccccc2)cc1OCC. The third kappa shape index (κ3) is 4.18. The first-order chi connectivity index (χ1) is 17.5. The first-order valence-corrected chi connectivity index (χ1v) is 12.1. The number of fused-ring (bicyclic) bond motifs is 1. The quantitative estimate of drug-likeness (QED) is 0.411. The monoisotopic (exact) mass is 490 g/mol. The molecule has 8 heteroatoms. The molecule has 0 radical (unpaired) electrons. The number of nitrogens with zero attached hydrogens (tertiary/aromatic N) is 2. The molecule has 0 saturated carbocycles. The summed E-state index contributed by atoms with van der Waals surface area (Å²) < 4.78 is 25.2. The molecule has 186 valence electrons. The van der Waals surface area contributed by atoms with Crippen molar-refractivity contribution in [2.24, 2.45) is 5.92 Å². The maximum atomic E-state index is 13.7. The summed E-state index contributed by atoms with van der Waals surface area (Å²) in [5.41, 5.74) is 1.78. The molecule has 0 bridgehead atoms. The fraction of sp³-hybridized carbons (Fsp3) is 0.286. The number of carbonyl (C=O) groups excluding carboxylic acids is 2. The standard InChI is InChI=1S/C28H27FN2O5/c1-3-16-35-22-15-10-18(17-23(22)34-4-2)25-24-26(36-31(25)21-8-6-5-7-9-21)28(33)30(27(24)32)20-13-11-19(29)12-14-20/h5-15,17,24-26H,3-4,16H2,1-2H3/t24-,25-,26-/m0/s1. The van der Waals surface area contributed by atoms with E-state index in [1.807, 2.05) is 62.4 Å². The van der Waals surface area contributed by atoms with Gasteiger partial charge in [-0.15, -0.1) is 0 Å². The van der Waals surface area contributed by atoms with E-state index in [-0.39, 0.29) is 0 Å². The summed E-state index contributed by atoms with van der Waals surface area (Å²) in [7, 11) is 0. The van der Waals surface area contributed by atoms with Gasteiger partial charge >= 0.3 is 0 Å². The number of imide groups is 1. The van der Waals surface area contributed by atoms with Gasteiger partial charge in [-0.25, -0.2) is 14.4 Å². The number of carbonyl (C=O) groups is 2. The molecule has 36 heavy (non-hydrogen) atoms. The zero-order valence-corrected chi connectivity index (χ0v) is 20.1. The number of benzene rings is 3. The summed E-state index contributed by atoms with van der Waals surface area (Å²) in [6.45, 7) is 4.91. The zero-order chi connectivity index (χ0) is 25.2. The van der Waals surface area contributed by atoms with Crippen molar-refractivity contribution in [3.05, 3.63) is 84.2 Å². The molecule has 7 nitrogen and oxygen atoms in total. The Labute approximate surface area is 208 Å². The van der Waals surface area contributed by atoms with Crippen molar-refractivity contribution >= 4 is 23.2 Å². The molecule has 2 aliphatic heterocycles. The number of halogens is 1. The molecule has 3 aromatic carbocycles. The van der Waals surface area contributed by atoms with Crippen molar-refractivity contribution in [3.8, 4) is 11.5 Å². The van der Waals surface area contributed by atoms with Crippen LogP contribution >= 0.6 is 0 Å². The summed E-state index contributed by atoms with van der Waals surface area (Å²) in [5.74, 6) is -0.953. The van der Waals surface area contributed by atoms with Crippen molar-refractivity contribution in [2.75, 3.05) is 23.2 Å². The van der Waals surface area contributed by atoms with E-state index in [0.717, 1.165) is 22.6 Å². The molecule has 0 spiro atoms. The lowest BCUT2D eigenvalue weighted by molar-refractivity contribution is -0.126. The number of anilines is 2. The molecule has 0 unspecified atom stereocenters. The van der Waals surface area contributed by atoms with Gasteiger partial charge in [-0.1, -0.05) is 31.2 Å². The smallest absolute Gasteiger partial charge is 0.266 e. The highest BCUT2D eigenvalue weighted by Crippen LogP contribution is 2.48. The average molecular weight is 491 g/mol. The topological polar surface area (TPSA) is 68.3 Å². The lowest BCUT2D eigenvalue weighted by atomic mass is 9.90. The maximum Gasteiger partial charge on any atom is 0.266 e. The number of para-hydroxylation sites is 1. The predicted molar refractivity (Wildman–Crippen MR) is 132 cm³/mol. The summed E-state index contributed by atoms with van der Waals surface area (Å²) >= 11 is 0. The molecule has 3 atom stereocenters. The van der Waals surface area contributed by atoms with Gasteiger partial charge in [-0.3, -0.25) is 14.4 Å². The molecule has 0 aromatic heterocycles. The number of ether oxygens (including phenoxy) is 2. The zero-order valence-electron chi connectivity index (χ0n) is 20.1. The third-order valence-electron chi connectivity index (χ3n) is 6.28. The number of amides is 2. The van der Waals surface area contributed by atoms with Gasteiger partial charge in [0, 0.05) is 0 Å². The van der Waals surface area contributed by atoms with Crippen LogP contribution in [0.3, 0.4) is 0 Å². The highest BCUT2D eigenvalue weighted by molar-refractivity contribution is 6.23. The number of hydrogen-bond acceptors (Lipinski definition) is 6. The number of hydroxylamine groups is 1. The van der Waals surface area contributed by atoms with E-state index < -0.39 is 35.7 Å².